The lowest BCUT2D eigenvalue weighted by Crippen LogP contribution is -2.13. The zero-order valence-electron chi connectivity index (χ0n) is 10.9. The number of benzene rings is 1. The van der Waals surface area contributed by atoms with Gasteiger partial charge in [-0.1, -0.05) is 18.2 Å². The zero-order chi connectivity index (χ0) is 14.7. The third-order valence-electron chi connectivity index (χ3n) is 2.79. The maximum absolute atomic E-state index is 12.2. The van der Waals surface area contributed by atoms with E-state index in [1.165, 1.54) is 18.3 Å². The fourth-order valence-electron chi connectivity index (χ4n) is 1.80. The van der Waals surface area contributed by atoms with Gasteiger partial charge in [-0.3, -0.25) is 4.72 Å². The standard InChI is InChI=1S/C14H12N4O2S/c19-21(20,13-5-2-1-3-6-13)17-12-7-8-14(15-11-12)18-10-4-9-16-18/h1-11,17H. The average Bonchev–Trinajstić information content (AvgIpc) is 3.03. The molecular weight excluding hydrogens is 288 g/mol. The molecule has 2 heterocycles. The molecule has 6 nitrogen and oxygen atoms in total. The molecule has 0 bridgehead atoms. The van der Waals surface area contributed by atoms with Gasteiger partial charge in [-0.05, 0) is 30.3 Å². The Labute approximate surface area is 122 Å². The van der Waals surface area contributed by atoms with E-state index in [1.807, 2.05) is 0 Å². The van der Waals surface area contributed by atoms with Crippen LogP contribution in [0.15, 0.2) is 72.0 Å². The molecule has 1 aromatic carbocycles. The van der Waals surface area contributed by atoms with E-state index >= 15 is 0 Å². The zero-order valence-corrected chi connectivity index (χ0v) is 11.7. The number of anilines is 1. The smallest absolute Gasteiger partial charge is 0.261 e. The molecule has 0 radical (unpaired) electrons. The summed E-state index contributed by atoms with van der Waals surface area (Å²) in [6.07, 6.45) is 4.86. The van der Waals surface area contributed by atoms with Gasteiger partial charge < -0.3 is 0 Å². The molecule has 0 amide bonds. The van der Waals surface area contributed by atoms with Crippen molar-refractivity contribution in [1.82, 2.24) is 14.8 Å². The molecule has 0 saturated heterocycles. The molecule has 7 heteroatoms. The highest BCUT2D eigenvalue weighted by Gasteiger charge is 2.13. The summed E-state index contributed by atoms with van der Waals surface area (Å²) in [6.45, 7) is 0. The van der Waals surface area contributed by atoms with Crippen molar-refractivity contribution >= 4 is 15.7 Å². The van der Waals surface area contributed by atoms with E-state index in [1.54, 1.807) is 53.5 Å². The van der Waals surface area contributed by atoms with E-state index in [2.05, 4.69) is 14.8 Å². The van der Waals surface area contributed by atoms with E-state index in [4.69, 9.17) is 0 Å². The number of hydrogen-bond acceptors (Lipinski definition) is 4. The van der Waals surface area contributed by atoms with Crippen LogP contribution in [0.1, 0.15) is 0 Å². The summed E-state index contributed by atoms with van der Waals surface area (Å²) in [5, 5.41) is 4.05. The second-order valence-corrected chi connectivity index (χ2v) is 5.96. The minimum absolute atomic E-state index is 0.209. The Morgan fingerprint density at radius 3 is 2.43 bits per heavy atom. The number of pyridine rings is 1. The fourth-order valence-corrected chi connectivity index (χ4v) is 2.86. The van der Waals surface area contributed by atoms with Crippen molar-refractivity contribution in [2.75, 3.05) is 4.72 Å². The Bertz CT molecular complexity index is 813. The van der Waals surface area contributed by atoms with E-state index < -0.39 is 10.0 Å². The molecule has 21 heavy (non-hydrogen) atoms. The molecule has 0 aliphatic carbocycles. The van der Waals surface area contributed by atoms with Crippen molar-refractivity contribution in [2.24, 2.45) is 0 Å². The quantitative estimate of drug-likeness (QED) is 0.800. The molecule has 2 aromatic heterocycles. The third kappa shape index (κ3) is 2.92. The van der Waals surface area contributed by atoms with Crippen molar-refractivity contribution in [2.45, 2.75) is 4.90 Å². The highest BCUT2D eigenvalue weighted by atomic mass is 32.2. The maximum atomic E-state index is 12.2. The predicted molar refractivity (Wildman–Crippen MR) is 78.6 cm³/mol. The number of sulfonamides is 1. The average molecular weight is 300 g/mol. The molecule has 0 aliphatic rings. The van der Waals surface area contributed by atoms with Gasteiger partial charge >= 0.3 is 0 Å². The number of aromatic nitrogens is 3. The van der Waals surface area contributed by atoms with Crippen LogP contribution in [0.25, 0.3) is 5.82 Å². The highest BCUT2D eigenvalue weighted by Crippen LogP contribution is 2.15. The van der Waals surface area contributed by atoms with Gasteiger partial charge in [-0.25, -0.2) is 18.1 Å². The SMILES string of the molecule is O=S(=O)(Nc1ccc(-n2cccn2)nc1)c1ccccc1. The first kappa shape index (κ1) is 13.3. The third-order valence-corrected chi connectivity index (χ3v) is 4.19. The molecular formula is C14H12N4O2S. The summed E-state index contributed by atoms with van der Waals surface area (Å²) in [5.74, 6) is 0.614. The fraction of sp³-hybridized carbons (Fsp3) is 0. The molecule has 0 fully saturated rings. The van der Waals surface area contributed by atoms with Crippen LogP contribution < -0.4 is 4.72 Å². The molecule has 3 rings (SSSR count). The van der Waals surface area contributed by atoms with Crippen molar-refractivity contribution in [3.63, 3.8) is 0 Å². The monoisotopic (exact) mass is 300 g/mol. The van der Waals surface area contributed by atoms with Gasteiger partial charge in [-0.15, -0.1) is 0 Å². The number of nitrogens with zero attached hydrogens (tertiary/aromatic N) is 3. The second kappa shape index (κ2) is 5.37. The first-order valence-corrected chi connectivity index (χ1v) is 7.67. The lowest BCUT2D eigenvalue weighted by atomic mass is 10.4. The van der Waals surface area contributed by atoms with Gasteiger partial charge in [0.1, 0.15) is 0 Å². The molecule has 1 N–H and O–H groups in total. The minimum atomic E-state index is -3.59. The van der Waals surface area contributed by atoms with E-state index in [9.17, 15) is 8.42 Å². The summed E-state index contributed by atoms with van der Waals surface area (Å²) < 4.78 is 28.4. The Morgan fingerprint density at radius 1 is 1.00 bits per heavy atom. The molecule has 3 aromatic rings. The van der Waals surface area contributed by atoms with E-state index in [0.717, 1.165) is 0 Å². The van der Waals surface area contributed by atoms with Crippen LogP contribution in [0.3, 0.4) is 0 Å². The van der Waals surface area contributed by atoms with Crippen molar-refractivity contribution in [1.29, 1.82) is 0 Å². The first-order chi connectivity index (χ1) is 10.1. The van der Waals surface area contributed by atoms with Gasteiger partial charge in [0.15, 0.2) is 5.82 Å². The predicted octanol–water partition coefficient (Wildman–Crippen LogP) is 2.07. The van der Waals surface area contributed by atoms with E-state index in [0.29, 0.717) is 11.5 Å². The topological polar surface area (TPSA) is 76.9 Å². The maximum Gasteiger partial charge on any atom is 0.261 e. The van der Waals surface area contributed by atoms with Crippen molar-refractivity contribution in [3.8, 4) is 5.82 Å². The summed E-state index contributed by atoms with van der Waals surface area (Å²) in [7, 11) is -3.59. The van der Waals surface area contributed by atoms with Crippen LogP contribution in [0.4, 0.5) is 5.69 Å². The van der Waals surface area contributed by atoms with Crippen molar-refractivity contribution < 1.29 is 8.42 Å². The van der Waals surface area contributed by atoms with Crippen LogP contribution in [-0.4, -0.2) is 23.2 Å². The minimum Gasteiger partial charge on any atom is -0.278 e. The number of nitrogens with one attached hydrogen (secondary N) is 1. The second-order valence-electron chi connectivity index (χ2n) is 4.27. The van der Waals surface area contributed by atoms with Gasteiger partial charge in [-0.2, -0.15) is 5.10 Å². The van der Waals surface area contributed by atoms with Crippen LogP contribution in [0.5, 0.6) is 0 Å². The van der Waals surface area contributed by atoms with Gasteiger partial charge in [0.05, 0.1) is 16.8 Å². The molecule has 106 valence electrons. The van der Waals surface area contributed by atoms with Crippen LogP contribution >= 0.6 is 0 Å². The highest BCUT2D eigenvalue weighted by molar-refractivity contribution is 7.92. The normalized spacial score (nSPS) is 11.2. The molecule has 0 atom stereocenters. The Kier molecular flexibility index (Phi) is 3.41. The summed E-state index contributed by atoms with van der Waals surface area (Å²) in [5.41, 5.74) is 0.398. The number of rotatable bonds is 4. The Balaban J connectivity index is 1.83. The van der Waals surface area contributed by atoms with Crippen LogP contribution in [-0.2, 0) is 10.0 Å². The lowest BCUT2D eigenvalue weighted by molar-refractivity contribution is 0.601. The molecule has 0 aliphatic heterocycles. The van der Waals surface area contributed by atoms with Crippen molar-refractivity contribution in [3.05, 3.63) is 67.1 Å². The summed E-state index contributed by atoms with van der Waals surface area (Å²) in [6, 6.07) is 13.3. The number of hydrogen-bond donors (Lipinski definition) is 1. The van der Waals surface area contributed by atoms with Gasteiger partial charge in [0.25, 0.3) is 10.0 Å². The molecule has 0 unspecified atom stereocenters. The van der Waals surface area contributed by atoms with Gasteiger partial charge in [0.2, 0.25) is 0 Å². The van der Waals surface area contributed by atoms with Gasteiger partial charge in [0, 0.05) is 12.4 Å². The van der Waals surface area contributed by atoms with Crippen LogP contribution in [0, 0.1) is 0 Å². The van der Waals surface area contributed by atoms with E-state index in [-0.39, 0.29) is 4.90 Å². The Hall–Kier alpha value is -2.67. The molecule has 0 spiro atoms. The Morgan fingerprint density at radius 2 is 1.81 bits per heavy atom. The molecule has 0 saturated carbocycles. The van der Waals surface area contributed by atoms with Crippen LogP contribution in [0.2, 0.25) is 0 Å². The largest absolute Gasteiger partial charge is 0.278 e. The summed E-state index contributed by atoms with van der Waals surface area (Å²) >= 11 is 0. The first-order valence-electron chi connectivity index (χ1n) is 6.19. The lowest BCUT2D eigenvalue weighted by Gasteiger charge is -2.08. The summed E-state index contributed by atoms with van der Waals surface area (Å²) in [4.78, 5) is 4.38.